The molecule has 6 rings (SSSR count). The van der Waals surface area contributed by atoms with E-state index >= 15 is 0 Å². The van der Waals surface area contributed by atoms with Crippen molar-refractivity contribution in [3.05, 3.63) is 83.4 Å². The molecule has 4 heteroatoms. The van der Waals surface area contributed by atoms with Crippen LogP contribution in [0.4, 0.5) is 5.69 Å². The summed E-state index contributed by atoms with van der Waals surface area (Å²) in [6, 6.07) is 21.5. The van der Waals surface area contributed by atoms with Crippen LogP contribution in [0, 0.1) is 6.92 Å². The van der Waals surface area contributed by atoms with Crippen LogP contribution in [-0.4, -0.2) is 23.1 Å². The molecule has 1 amide bonds. The number of carbonyl (C=O) groups is 1. The van der Waals surface area contributed by atoms with Crippen LogP contribution in [0.15, 0.2) is 66.7 Å². The summed E-state index contributed by atoms with van der Waals surface area (Å²) in [6.07, 6.45) is 4.88. The summed E-state index contributed by atoms with van der Waals surface area (Å²) >= 11 is 0. The van der Waals surface area contributed by atoms with Gasteiger partial charge in [-0.25, -0.2) is 0 Å². The van der Waals surface area contributed by atoms with Crippen LogP contribution in [-0.2, 0) is 10.2 Å². The van der Waals surface area contributed by atoms with E-state index in [1.807, 2.05) is 0 Å². The normalized spacial score (nSPS) is 21.8. The first-order chi connectivity index (χ1) is 15.4. The Kier molecular flexibility index (Phi) is 3.89. The van der Waals surface area contributed by atoms with Crippen molar-refractivity contribution in [2.45, 2.75) is 38.3 Å². The highest BCUT2D eigenvalue weighted by Gasteiger charge is 2.57. The average Bonchev–Trinajstić information content (AvgIpc) is 3.23. The molecule has 1 aromatic heterocycles. The highest BCUT2D eigenvalue weighted by molar-refractivity contribution is 6.07. The van der Waals surface area contributed by atoms with Gasteiger partial charge in [0.1, 0.15) is 5.66 Å². The molecule has 0 radical (unpaired) electrons. The molecule has 0 spiro atoms. The van der Waals surface area contributed by atoms with Crippen LogP contribution in [0.25, 0.3) is 27.9 Å². The Morgan fingerprint density at radius 3 is 2.66 bits per heavy atom. The fourth-order valence-corrected chi connectivity index (χ4v) is 5.65. The second-order valence-corrected chi connectivity index (χ2v) is 9.67. The number of amides is 1. The molecule has 4 aromatic rings. The molecular weight excluding hydrogens is 394 g/mol. The molecule has 3 aromatic carbocycles. The number of nitrogens with zero attached hydrogens (tertiary/aromatic N) is 1. The summed E-state index contributed by atoms with van der Waals surface area (Å²) in [5, 5.41) is 5.82. The minimum absolute atomic E-state index is 0.107. The number of hydrogen-bond donors (Lipinski definition) is 2. The maximum absolute atomic E-state index is 12.6. The Hall–Kier alpha value is -3.53. The van der Waals surface area contributed by atoms with Crippen molar-refractivity contribution < 1.29 is 4.79 Å². The van der Waals surface area contributed by atoms with Crippen molar-refractivity contribution in [1.29, 1.82) is 0 Å². The highest BCUT2D eigenvalue weighted by atomic mass is 16.2. The number of benzene rings is 3. The average molecular weight is 422 g/mol. The lowest BCUT2D eigenvalue weighted by Gasteiger charge is -2.49. The second kappa shape index (κ2) is 6.49. The van der Waals surface area contributed by atoms with Crippen molar-refractivity contribution in [2.75, 3.05) is 11.4 Å². The Morgan fingerprint density at radius 2 is 1.78 bits per heavy atom. The lowest BCUT2D eigenvalue weighted by atomic mass is 9.74. The molecule has 160 valence electrons. The SMILES string of the molecule is Cc1ccc2c(c1)C(C)(C)[C@@]1(/C=C/c3ccc4[nH]c5ccccc5c4c3)NC(=O)CCN21. The number of nitrogens with one attached hydrogen (secondary N) is 2. The number of aryl methyl sites for hydroxylation is 1. The largest absolute Gasteiger partial charge is 0.355 e. The number of para-hydroxylation sites is 1. The number of rotatable bonds is 2. The van der Waals surface area contributed by atoms with E-state index in [1.54, 1.807) is 0 Å². The van der Waals surface area contributed by atoms with Gasteiger partial charge in [0, 0.05) is 45.9 Å². The van der Waals surface area contributed by atoms with Crippen LogP contribution in [0.1, 0.15) is 37.0 Å². The Morgan fingerprint density at radius 1 is 0.969 bits per heavy atom. The van der Waals surface area contributed by atoms with E-state index < -0.39 is 5.66 Å². The van der Waals surface area contributed by atoms with Crippen molar-refractivity contribution >= 4 is 39.5 Å². The lowest BCUT2D eigenvalue weighted by molar-refractivity contribution is -0.124. The monoisotopic (exact) mass is 421 g/mol. The second-order valence-electron chi connectivity index (χ2n) is 9.67. The van der Waals surface area contributed by atoms with E-state index in [-0.39, 0.29) is 11.3 Å². The molecule has 1 fully saturated rings. The molecule has 0 aliphatic carbocycles. The zero-order chi connectivity index (χ0) is 22.1. The van der Waals surface area contributed by atoms with Gasteiger partial charge in [-0.2, -0.15) is 0 Å². The summed E-state index contributed by atoms with van der Waals surface area (Å²) < 4.78 is 0. The number of anilines is 1. The van der Waals surface area contributed by atoms with Gasteiger partial charge in [0.2, 0.25) is 5.91 Å². The molecule has 2 aliphatic heterocycles. The fourth-order valence-electron chi connectivity index (χ4n) is 5.65. The lowest BCUT2D eigenvalue weighted by Crippen LogP contribution is -2.68. The van der Waals surface area contributed by atoms with Crippen LogP contribution in [0.3, 0.4) is 0 Å². The minimum Gasteiger partial charge on any atom is -0.355 e. The Bertz CT molecular complexity index is 1430. The van der Waals surface area contributed by atoms with Gasteiger partial charge in [0.25, 0.3) is 0 Å². The number of carbonyl (C=O) groups excluding carboxylic acids is 1. The van der Waals surface area contributed by atoms with Crippen molar-refractivity contribution in [2.24, 2.45) is 0 Å². The van der Waals surface area contributed by atoms with Gasteiger partial charge in [-0.1, -0.05) is 61.9 Å². The first-order valence-electron chi connectivity index (χ1n) is 11.3. The summed E-state index contributed by atoms with van der Waals surface area (Å²) in [5.74, 6) is 0.107. The molecule has 0 saturated carbocycles. The molecule has 3 heterocycles. The van der Waals surface area contributed by atoms with Crippen LogP contribution in [0.5, 0.6) is 0 Å². The van der Waals surface area contributed by atoms with E-state index in [2.05, 4.69) is 109 Å². The van der Waals surface area contributed by atoms with E-state index in [0.717, 1.165) is 23.1 Å². The molecule has 1 saturated heterocycles. The third-order valence-corrected chi connectivity index (χ3v) is 7.43. The summed E-state index contributed by atoms with van der Waals surface area (Å²) in [7, 11) is 0. The maximum Gasteiger partial charge on any atom is 0.223 e. The van der Waals surface area contributed by atoms with Crippen LogP contribution in [0.2, 0.25) is 0 Å². The van der Waals surface area contributed by atoms with E-state index in [0.29, 0.717) is 6.42 Å². The predicted octanol–water partition coefficient (Wildman–Crippen LogP) is 5.66. The van der Waals surface area contributed by atoms with E-state index in [1.165, 1.54) is 27.6 Å². The van der Waals surface area contributed by atoms with Crippen molar-refractivity contribution in [1.82, 2.24) is 10.3 Å². The van der Waals surface area contributed by atoms with Gasteiger partial charge in [-0.3, -0.25) is 4.79 Å². The Balaban J connectivity index is 1.48. The van der Waals surface area contributed by atoms with E-state index in [4.69, 9.17) is 0 Å². The molecule has 32 heavy (non-hydrogen) atoms. The van der Waals surface area contributed by atoms with Gasteiger partial charge < -0.3 is 15.2 Å². The molecule has 1 atom stereocenters. The molecule has 2 aliphatic rings. The Labute approximate surface area is 187 Å². The van der Waals surface area contributed by atoms with Gasteiger partial charge in [0.05, 0.1) is 0 Å². The van der Waals surface area contributed by atoms with Gasteiger partial charge in [-0.15, -0.1) is 0 Å². The van der Waals surface area contributed by atoms with Gasteiger partial charge in [0.15, 0.2) is 0 Å². The highest BCUT2D eigenvalue weighted by Crippen LogP contribution is 2.52. The standard InChI is InChI=1S/C28H27N3O/c1-18-8-11-25-22(16-18)27(2,3)28(30-26(32)13-15-31(25)28)14-12-19-9-10-24-21(17-19)20-6-4-5-7-23(20)29-24/h4-12,14,16-17,29H,13,15H2,1-3H3,(H,30,32)/b14-12+/t28-/m0/s1. The zero-order valence-electron chi connectivity index (χ0n) is 18.7. The summed E-state index contributed by atoms with van der Waals surface area (Å²) in [5.41, 5.74) is 6.30. The molecule has 4 nitrogen and oxygen atoms in total. The van der Waals surface area contributed by atoms with Crippen molar-refractivity contribution in [3.63, 3.8) is 0 Å². The third-order valence-electron chi connectivity index (χ3n) is 7.43. The number of aromatic nitrogens is 1. The molecule has 2 N–H and O–H groups in total. The first-order valence-corrected chi connectivity index (χ1v) is 11.3. The predicted molar refractivity (Wildman–Crippen MR) is 132 cm³/mol. The van der Waals surface area contributed by atoms with Gasteiger partial charge >= 0.3 is 0 Å². The van der Waals surface area contributed by atoms with E-state index in [9.17, 15) is 4.79 Å². The van der Waals surface area contributed by atoms with Crippen LogP contribution < -0.4 is 10.2 Å². The molecule has 0 bridgehead atoms. The number of fused-ring (bicyclic) bond motifs is 6. The molecular formula is C28H27N3O. The van der Waals surface area contributed by atoms with Gasteiger partial charge in [-0.05, 0) is 48.4 Å². The quantitative estimate of drug-likeness (QED) is 0.439. The van der Waals surface area contributed by atoms with Crippen molar-refractivity contribution in [3.8, 4) is 0 Å². The topological polar surface area (TPSA) is 48.1 Å². The molecule has 0 unspecified atom stereocenters. The third kappa shape index (κ3) is 2.52. The number of H-pyrrole nitrogens is 1. The maximum atomic E-state index is 12.6. The summed E-state index contributed by atoms with van der Waals surface area (Å²) in [6.45, 7) is 7.33. The number of hydrogen-bond acceptors (Lipinski definition) is 2. The number of aromatic amines is 1. The zero-order valence-corrected chi connectivity index (χ0v) is 18.7. The first kappa shape index (κ1) is 19.2. The van der Waals surface area contributed by atoms with Crippen LogP contribution >= 0.6 is 0 Å². The summed E-state index contributed by atoms with van der Waals surface area (Å²) in [4.78, 5) is 18.5. The fraction of sp³-hybridized carbons (Fsp3) is 0.250. The smallest absolute Gasteiger partial charge is 0.223 e. The minimum atomic E-state index is -0.590.